The quantitative estimate of drug-likeness (QED) is 0.512. The van der Waals surface area contributed by atoms with Gasteiger partial charge in [0.25, 0.3) is 0 Å². The SMILES string of the molecule is CCn1c(SCCC(=O)Nc2ccc(N3CCCC3=O)cc2)nnc1-c1cccc(C)c1. The molecular weight excluding hydrogens is 422 g/mol. The Kier molecular flexibility index (Phi) is 6.90. The lowest BCUT2D eigenvalue weighted by Gasteiger charge is -2.16. The zero-order valence-electron chi connectivity index (χ0n) is 18.4. The molecule has 0 radical (unpaired) electrons. The second kappa shape index (κ2) is 9.99. The highest BCUT2D eigenvalue weighted by atomic mass is 32.2. The Labute approximate surface area is 192 Å². The third-order valence-corrected chi connectivity index (χ3v) is 6.37. The maximum absolute atomic E-state index is 12.4. The number of amides is 2. The topological polar surface area (TPSA) is 80.1 Å². The van der Waals surface area contributed by atoms with Crippen molar-refractivity contribution in [1.29, 1.82) is 0 Å². The second-order valence-electron chi connectivity index (χ2n) is 7.76. The van der Waals surface area contributed by atoms with Gasteiger partial charge in [-0.05, 0) is 50.6 Å². The van der Waals surface area contributed by atoms with Crippen molar-refractivity contribution in [2.75, 3.05) is 22.5 Å². The van der Waals surface area contributed by atoms with Crippen LogP contribution in [0.5, 0.6) is 0 Å². The van der Waals surface area contributed by atoms with Crippen molar-refractivity contribution in [3.05, 3.63) is 54.1 Å². The highest BCUT2D eigenvalue weighted by molar-refractivity contribution is 7.99. The highest BCUT2D eigenvalue weighted by Crippen LogP contribution is 2.26. The fourth-order valence-corrected chi connectivity index (χ4v) is 4.72. The molecule has 0 saturated carbocycles. The molecule has 2 heterocycles. The molecule has 0 spiro atoms. The summed E-state index contributed by atoms with van der Waals surface area (Å²) >= 11 is 1.53. The monoisotopic (exact) mass is 449 g/mol. The molecule has 1 aliphatic heterocycles. The number of hydrogen-bond acceptors (Lipinski definition) is 5. The Morgan fingerprint density at radius 1 is 1.16 bits per heavy atom. The molecular formula is C24H27N5O2S. The van der Waals surface area contributed by atoms with Crippen molar-refractivity contribution < 1.29 is 9.59 Å². The fraction of sp³-hybridized carbons (Fsp3) is 0.333. The largest absolute Gasteiger partial charge is 0.326 e. The number of rotatable bonds is 8. The summed E-state index contributed by atoms with van der Waals surface area (Å²) < 4.78 is 2.08. The number of nitrogens with zero attached hydrogens (tertiary/aromatic N) is 4. The van der Waals surface area contributed by atoms with Gasteiger partial charge < -0.3 is 14.8 Å². The van der Waals surface area contributed by atoms with Crippen molar-refractivity contribution >= 4 is 35.0 Å². The van der Waals surface area contributed by atoms with Crippen molar-refractivity contribution in [3.63, 3.8) is 0 Å². The zero-order valence-corrected chi connectivity index (χ0v) is 19.2. The van der Waals surface area contributed by atoms with E-state index in [0.29, 0.717) is 18.6 Å². The molecule has 0 aliphatic carbocycles. The lowest BCUT2D eigenvalue weighted by atomic mass is 10.1. The van der Waals surface area contributed by atoms with Gasteiger partial charge in [-0.1, -0.05) is 35.5 Å². The summed E-state index contributed by atoms with van der Waals surface area (Å²) in [5.41, 5.74) is 3.83. The predicted octanol–water partition coefficient (Wildman–Crippen LogP) is 4.52. The standard InChI is InChI=1S/C24H27N5O2S/c1-3-28-23(18-7-4-6-17(2)16-18)26-27-24(28)32-15-13-21(30)25-19-9-11-20(12-10-19)29-14-5-8-22(29)31/h4,6-7,9-12,16H,3,5,8,13-15H2,1-2H3,(H,25,30). The molecule has 4 rings (SSSR count). The van der Waals surface area contributed by atoms with E-state index in [9.17, 15) is 9.59 Å². The Morgan fingerprint density at radius 3 is 2.66 bits per heavy atom. The van der Waals surface area contributed by atoms with Crippen LogP contribution in [-0.4, -0.2) is 38.9 Å². The van der Waals surface area contributed by atoms with Gasteiger partial charge in [0.2, 0.25) is 11.8 Å². The van der Waals surface area contributed by atoms with Gasteiger partial charge in [0, 0.05) is 48.6 Å². The van der Waals surface area contributed by atoms with Crippen molar-refractivity contribution in [1.82, 2.24) is 14.8 Å². The van der Waals surface area contributed by atoms with Gasteiger partial charge in [0.15, 0.2) is 11.0 Å². The first-order valence-corrected chi connectivity index (χ1v) is 11.9. The third kappa shape index (κ3) is 5.02. The van der Waals surface area contributed by atoms with E-state index in [-0.39, 0.29) is 11.8 Å². The van der Waals surface area contributed by atoms with E-state index in [4.69, 9.17) is 0 Å². The molecule has 0 bridgehead atoms. The number of aromatic nitrogens is 3. The predicted molar refractivity (Wildman–Crippen MR) is 128 cm³/mol. The number of benzene rings is 2. The number of hydrogen-bond donors (Lipinski definition) is 1. The minimum Gasteiger partial charge on any atom is -0.326 e. The van der Waals surface area contributed by atoms with E-state index in [2.05, 4.69) is 46.1 Å². The maximum atomic E-state index is 12.4. The highest BCUT2D eigenvalue weighted by Gasteiger charge is 2.21. The van der Waals surface area contributed by atoms with Gasteiger partial charge >= 0.3 is 0 Å². The molecule has 8 heteroatoms. The van der Waals surface area contributed by atoms with Crippen LogP contribution in [0.4, 0.5) is 11.4 Å². The van der Waals surface area contributed by atoms with E-state index in [0.717, 1.165) is 47.4 Å². The van der Waals surface area contributed by atoms with E-state index in [1.54, 1.807) is 4.90 Å². The smallest absolute Gasteiger partial charge is 0.227 e. The van der Waals surface area contributed by atoms with Crippen molar-refractivity contribution in [3.8, 4) is 11.4 Å². The van der Waals surface area contributed by atoms with Crippen LogP contribution in [0.25, 0.3) is 11.4 Å². The molecule has 1 saturated heterocycles. The molecule has 3 aromatic rings. The molecule has 2 amide bonds. The van der Waals surface area contributed by atoms with Crippen LogP contribution in [0.1, 0.15) is 31.7 Å². The molecule has 32 heavy (non-hydrogen) atoms. The average Bonchev–Trinajstić information content (AvgIpc) is 3.40. The summed E-state index contributed by atoms with van der Waals surface area (Å²) in [4.78, 5) is 26.0. The second-order valence-corrected chi connectivity index (χ2v) is 8.82. The number of carbonyl (C=O) groups is 2. The lowest BCUT2D eigenvalue weighted by molar-refractivity contribution is -0.117. The zero-order chi connectivity index (χ0) is 22.5. The fourth-order valence-electron chi connectivity index (χ4n) is 3.78. The number of thioether (sulfide) groups is 1. The Morgan fingerprint density at radius 2 is 1.97 bits per heavy atom. The summed E-state index contributed by atoms with van der Waals surface area (Å²) in [5, 5.41) is 12.5. The van der Waals surface area contributed by atoms with Crippen molar-refractivity contribution in [2.45, 2.75) is 44.8 Å². The summed E-state index contributed by atoms with van der Waals surface area (Å²) in [5.74, 6) is 1.56. The average molecular weight is 450 g/mol. The molecule has 1 aliphatic rings. The molecule has 1 N–H and O–H groups in total. The van der Waals surface area contributed by atoms with Gasteiger partial charge in [0.1, 0.15) is 0 Å². The number of anilines is 2. The van der Waals surface area contributed by atoms with Gasteiger partial charge in [-0.25, -0.2) is 0 Å². The van der Waals surface area contributed by atoms with Crippen LogP contribution in [-0.2, 0) is 16.1 Å². The number of nitrogens with one attached hydrogen (secondary N) is 1. The Balaban J connectivity index is 1.31. The van der Waals surface area contributed by atoms with Crippen LogP contribution < -0.4 is 10.2 Å². The first-order valence-electron chi connectivity index (χ1n) is 10.9. The summed E-state index contributed by atoms with van der Waals surface area (Å²) in [6.45, 7) is 5.65. The minimum atomic E-state index is -0.0519. The Bertz CT molecular complexity index is 1110. The van der Waals surface area contributed by atoms with Crippen LogP contribution in [0.2, 0.25) is 0 Å². The number of aryl methyl sites for hydroxylation is 1. The maximum Gasteiger partial charge on any atom is 0.227 e. The van der Waals surface area contributed by atoms with Gasteiger partial charge in [0.05, 0.1) is 0 Å². The normalized spacial score (nSPS) is 13.6. The first-order chi connectivity index (χ1) is 15.5. The van der Waals surface area contributed by atoms with E-state index in [1.807, 2.05) is 36.4 Å². The van der Waals surface area contributed by atoms with Crippen LogP contribution in [0, 0.1) is 6.92 Å². The van der Waals surface area contributed by atoms with Crippen molar-refractivity contribution in [2.24, 2.45) is 0 Å². The lowest BCUT2D eigenvalue weighted by Crippen LogP contribution is -2.23. The summed E-state index contributed by atoms with van der Waals surface area (Å²) in [6.07, 6.45) is 1.87. The first kappa shape index (κ1) is 22.1. The third-order valence-electron chi connectivity index (χ3n) is 5.41. The van der Waals surface area contributed by atoms with Crippen LogP contribution in [0.3, 0.4) is 0 Å². The molecule has 166 valence electrons. The van der Waals surface area contributed by atoms with Crippen LogP contribution >= 0.6 is 11.8 Å². The van der Waals surface area contributed by atoms with Crippen LogP contribution in [0.15, 0.2) is 53.7 Å². The van der Waals surface area contributed by atoms with Gasteiger partial charge in [-0.15, -0.1) is 10.2 Å². The molecule has 1 aromatic heterocycles. The van der Waals surface area contributed by atoms with E-state index < -0.39 is 0 Å². The summed E-state index contributed by atoms with van der Waals surface area (Å²) in [6, 6.07) is 15.7. The number of carbonyl (C=O) groups excluding carboxylic acids is 2. The summed E-state index contributed by atoms with van der Waals surface area (Å²) in [7, 11) is 0. The minimum absolute atomic E-state index is 0.0519. The van der Waals surface area contributed by atoms with E-state index >= 15 is 0 Å². The van der Waals surface area contributed by atoms with Gasteiger partial charge in [-0.3, -0.25) is 9.59 Å². The molecule has 1 fully saturated rings. The Hall–Kier alpha value is -3.13. The molecule has 0 unspecified atom stereocenters. The molecule has 0 atom stereocenters. The molecule has 2 aromatic carbocycles. The van der Waals surface area contributed by atoms with E-state index in [1.165, 1.54) is 17.3 Å². The molecule has 7 nitrogen and oxygen atoms in total. The van der Waals surface area contributed by atoms with Gasteiger partial charge in [-0.2, -0.15) is 0 Å².